The molecule has 5 heteroatoms. The van der Waals surface area contributed by atoms with Crippen LogP contribution in [0, 0.1) is 11.3 Å². The van der Waals surface area contributed by atoms with Gasteiger partial charge in [0.2, 0.25) is 5.91 Å². The number of hydrogen-bond donors (Lipinski definition) is 2. The number of piperidine rings is 1. The summed E-state index contributed by atoms with van der Waals surface area (Å²) in [6.07, 6.45) is 3.28. The summed E-state index contributed by atoms with van der Waals surface area (Å²) in [4.78, 5) is 18.7. The zero-order chi connectivity index (χ0) is 17.4. The number of nitrogens with one attached hydrogen (secondary N) is 2. The van der Waals surface area contributed by atoms with Crippen LogP contribution in [-0.2, 0) is 4.79 Å². The lowest BCUT2D eigenvalue weighted by Crippen LogP contribution is -2.31. The highest BCUT2D eigenvalue weighted by Gasteiger charge is 2.57. The molecule has 2 fully saturated rings. The molecule has 4 rings (SSSR count). The molecule has 1 amide bonds. The molecule has 132 valence electrons. The highest BCUT2D eigenvalue weighted by Crippen LogP contribution is 2.58. The molecule has 2 aromatic rings. The molecule has 4 nitrogen and oxygen atoms in total. The fourth-order valence-electron chi connectivity index (χ4n) is 3.97. The van der Waals surface area contributed by atoms with E-state index in [2.05, 4.69) is 36.6 Å². The molecular formula is C20H25N3OS. The Kier molecular flexibility index (Phi) is 4.38. The van der Waals surface area contributed by atoms with Gasteiger partial charge in [0.25, 0.3) is 0 Å². The first-order valence-corrected chi connectivity index (χ1v) is 9.98. The molecule has 1 saturated heterocycles. The molecule has 1 aliphatic heterocycles. The Hall–Kier alpha value is -1.72. The first-order chi connectivity index (χ1) is 12.1. The maximum atomic E-state index is 12.7. The second-order valence-corrected chi connectivity index (χ2v) is 8.64. The van der Waals surface area contributed by atoms with Crippen LogP contribution in [0.1, 0.15) is 43.9 Å². The van der Waals surface area contributed by atoms with Crippen molar-refractivity contribution in [1.29, 1.82) is 0 Å². The summed E-state index contributed by atoms with van der Waals surface area (Å²) >= 11 is 1.62. The van der Waals surface area contributed by atoms with Gasteiger partial charge >= 0.3 is 0 Å². The van der Waals surface area contributed by atoms with Crippen LogP contribution in [0.5, 0.6) is 0 Å². The fourth-order valence-corrected chi connectivity index (χ4v) is 4.96. The zero-order valence-corrected chi connectivity index (χ0v) is 15.7. The van der Waals surface area contributed by atoms with Crippen LogP contribution in [0.25, 0.3) is 11.3 Å². The summed E-state index contributed by atoms with van der Waals surface area (Å²) in [5.41, 5.74) is 2.38. The van der Waals surface area contributed by atoms with Crippen molar-refractivity contribution in [2.24, 2.45) is 11.3 Å². The van der Waals surface area contributed by atoms with Crippen molar-refractivity contribution in [2.75, 3.05) is 18.4 Å². The van der Waals surface area contributed by atoms with E-state index < -0.39 is 0 Å². The van der Waals surface area contributed by atoms with Crippen LogP contribution >= 0.6 is 11.3 Å². The Morgan fingerprint density at radius 1 is 1.28 bits per heavy atom. The van der Waals surface area contributed by atoms with E-state index in [1.165, 1.54) is 4.88 Å². The van der Waals surface area contributed by atoms with Gasteiger partial charge in [-0.2, -0.15) is 0 Å². The lowest BCUT2D eigenvalue weighted by atomic mass is 9.92. The van der Waals surface area contributed by atoms with Gasteiger partial charge in [-0.15, -0.1) is 11.3 Å². The second kappa shape index (κ2) is 6.54. The number of hydrogen-bond acceptors (Lipinski definition) is 4. The van der Waals surface area contributed by atoms with Crippen molar-refractivity contribution in [3.63, 3.8) is 0 Å². The molecular weight excluding hydrogens is 330 g/mol. The van der Waals surface area contributed by atoms with E-state index in [4.69, 9.17) is 4.98 Å². The number of rotatable bonds is 4. The summed E-state index contributed by atoms with van der Waals surface area (Å²) in [5, 5.41) is 7.24. The number of thiazole rings is 1. The Labute approximate surface area is 153 Å². The van der Waals surface area contributed by atoms with Gasteiger partial charge in [0.15, 0.2) is 5.13 Å². The number of carbonyl (C=O) groups is 1. The summed E-state index contributed by atoms with van der Waals surface area (Å²) in [7, 11) is 0. The minimum absolute atomic E-state index is 0.158. The minimum atomic E-state index is 0.158. The van der Waals surface area contributed by atoms with E-state index in [1.54, 1.807) is 11.3 Å². The molecule has 1 atom stereocenters. The van der Waals surface area contributed by atoms with Crippen LogP contribution in [0.3, 0.4) is 0 Å². The average Bonchev–Trinajstić information content (AvgIpc) is 3.14. The Morgan fingerprint density at radius 2 is 2.00 bits per heavy atom. The van der Waals surface area contributed by atoms with Crippen molar-refractivity contribution in [3.05, 3.63) is 35.2 Å². The Balaban J connectivity index is 1.52. The van der Waals surface area contributed by atoms with E-state index in [0.717, 1.165) is 48.7 Å². The van der Waals surface area contributed by atoms with Crippen LogP contribution in [0.2, 0.25) is 0 Å². The summed E-state index contributed by atoms with van der Waals surface area (Å²) in [6.45, 7) is 6.43. The molecule has 1 aromatic carbocycles. The normalized spacial score (nSPS) is 21.5. The van der Waals surface area contributed by atoms with Gasteiger partial charge in [0, 0.05) is 16.4 Å². The number of anilines is 1. The predicted octanol–water partition coefficient (Wildman–Crippen LogP) is 4.26. The standard InChI is InChI=1S/C20H25N3OS/c1-13(2)17-16(14-6-4-3-5-7-14)22-19(25-17)23-18(24)15-12-20(15)8-10-21-11-9-20/h3-7,13,15,21H,8-12H2,1-2H3,(H,22,23,24). The lowest BCUT2D eigenvalue weighted by molar-refractivity contribution is -0.118. The second-order valence-electron chi connectivity index (χ2n) is 7.61. The van der Waals surface area contributed by atoms with E-state index in [0.29, 0.717) is 5.92 Å². The predicted molar refractivity (Wildman–Crippen MR) is 103 cm³/mol. The van der Waals surface area contributed by atoms with Gasteiger partial charge in [-0.3, -0.25) is 4.79 Å². The molecule has 2 aliphatic rings. The SMILES string of the molecule is CC(C)c1sc(NC(=O)C2CC23CCNCC3)nc1-c1ccccc1. The third-order valence-electron chi connectivity index (χ3n) is 5.56. The maximum absolute atomic E-state index is 12.7. The molecule has 25 heavy (non-hydrogen) atoms. The van der Waals surface area contributed by atoms with Crippen molar-refractivity contribution >= 4 is 22.4 Å². The van der Waals surface area contributed by atoms with E-state index >= 15 is 0 Å². The number of carbonyl (C=O) groups excluding carboxylic acids is 1. The van der Waals surface area contributed by atoms with Crippen molar-refractivity contribution in [2.45, 2.75) is 39.0 Å². The molecule has 1 unspecified atom stereocenters. The monoisotopic (exact) mass is 355 g/mol. The van der Waals surface area contributed by atoms with Crippen molar-refractivity contribution < 1.29 is 4.79 Å². The smallest absolute Gasteiger partial charge is 0.229 e. The third-order valence-corrected chi connectivity index (χ3v) is 6.83. The van der Waals surface area contributed by atoms with Gasteiger partial charge in [0.05, 0.1) is 5.69 Å². The van der Waals surface area contributed by atoms with E-state index in [1.807, 2.05) is 18.2 Å². The molecule has 0 bridgehead atoms. The number of benzene rings is 1. The quantitative estimate of drug-likeness (QED) is 0.861. The Bertz CT molecular complexity index is 763. The van der Waals surface area contributed by atoms with Gasteiger partial charge in [-0.1, -0.05) is 44.2 Å². The summed E-state index contributed by atoms with van der Waals surface area (Å²) in [6, 6.07) is 10.2. The van der Waals surface area contributed by atoms with E-state index in [-0.39, 0.29) is 17.2 Å². The van der Waals surface area contributed by atoms with Gasteiger partial charge in [-0.25, -0.2) is 4.98 Å². The number of aromatic nitrogens is 1. The van der Waals surface area contributed by atoms with Crippen LogP contribution in [-0.4, -0.2) is 24.0 Å². The van der Waals surface area contributed by atoms with Gasteiger partial charge in [-0.05, 0) is 43.7 Å². The largest absolute Gasteiger partial charge is 0.317 e. The number of nitrogens with zero attached hydrogens (tertiary/aromatic N) is 1. The maximum Gasteiger partial charge on any atom is 0.229 e. The molecule has 1 aromatic heterocycles. The number of amides is 1. The summed E-state index contributed by atoms with van der Waals surface area (Å²) in [5.74, 6) is 0.710. The van der Waals surface area contributed by atoms with Crippen LogP contribution in [0.4, 0.5) is 5.13 Å². The van der Waals surface area contributed by atoms with Crippen molar-refractivity contribution in [3.8, 4) is 11.3 Å². The molecule has 1 spiro atoms. The van der Waals surface area contributed by atoms with Crippen LogP contribution in [0.15, 0.2) is 30.3 Å². The first kappa shape index (κ1) is 16.7. The minimum Gasteiger partial charge on any atom is -0.317 e. The first-order valence-electron chi connectivity index (χ1n) is 9.17. The summed E-state index contributed by atoms with van der Waals surface area (Å²) < 4.78 is 0. The van der Waals surface area contributed by atoms with Crippen LogP contribution < -0.4 is 10.6 Å². The third kappa shape index (κ3) is 3.23. The molecule has 0 radical (unpaired) electrons. The highest BCUT2D eigenvalue weighted by atomic mass is 32.1. The Morgan fingerprint density at radius 3 is 2.68 bits per heavy atom. The van der Waals surface area contributed by atoms with Gasteiger partial charge in [0.1, 0.15) is 0 Å². The highest BCUT2D eigenvalue weighted by molar-refractivity contribution is 7.16. The van der Waals surface area contributed by atoms with Crippen molar-refractivity contribution in [1.82, 2.24) is 10.3 Å². The van der Waals surface area contributed by atoms with Gasteiger partial charge < -0.3 is 10.6 Å². The molecule has 1 saturated carbocycles. The molecule has 2 N–H and O–H groups in total. The zero-order valence-electron chi connectivity index (χ0n) is 14.8. The topological polar surface area (TPSA) is 54.0 Å². The molecule has 2 heterocycles. The average molecular weight is 356 g/mol. The molecule has 1 aliphatic carbocycles. The fraction of sp³-hybridized carbons (Fsp3) is 0.500. The lowest BCUT2D eigenvalue weighted by Gasteiger charge is -2.22. The van der Waals surface area contributed by atoms with E-state index in [9.17, 15) is 4.79 Å².